The topological polar surface area (TPSA) is 6.48 Å². The molecule has 2 aliphatic carbocycles. The lowest BCUT2D eigenvalue weighted by Gasteiger charge is -2.40. The summed E-state index contributed by atoms with van der Waals surface area (Å²) in [5, 5.41) is 2.82. The second-order valence-corrected chi connectivity index (χ2v) is 20.8. The third-order valence-corrected chi connectivity index (χ3v) is 14.4. The molecule has 0 bridgehead atoms. The number of anilines is 5. The van der Waals surface area contributed by atoms with Crippen LogP contribution in [-0.2, 0) is 12.8 Å². The summed E-state index contributed by atoms with van der Waals surface area (Å²) >= 11 is 0. The van der Waals surface area contributed by atoms with Gasteiger partial charge in [0.15, 0.2) is 0 Å². The van der Waals surface area contributed by atoms with Gasteiger partial charge in [-0.2, -0.15) is 0 Å². The van der Waals surface area contributed by atoms with Crippen LogP contribution < -0.4 is 9.80 Å². The molecule has 0 radical (unpaired) electrons. The van der Waals surface area contributed by atoms with Gasteiger partial charge in [-0.3, -0.25) is 0 Å². The van der Waals surface area contributed by atoms with E-state index in [1.165, 1.54) is 128 Å². The first-order valence-electron chi connectivity index (χ1n) is 24.9. The van der Waals surface area contributed by atoms with Gasteiger partial charge in [-0.25, -0.2) is 0 Å². The molecule has 1 atom stereocenters. The molecule has 0 aromatic heterocycles. The molecule has 2 aliphatic rings. The highest BCUT2D eigenvalue weighted by molar-refractivity contribution is 6.08. The maximum absolute atomic E-state index is 2.62. The van der Waals surface area contributed by atoms with E-state index >= 15 is 0 Å². The molecule has 0 aliphatic heterocycles. The normalized spacial score (nSPS) is 14.1. The average Bonchev–Trinajstić information content (AvgIpc) is 3.31. The standard InChI is InChI=1S/C66H66N2/c1-41(2)35-53-39-59-63(67(61-31-15-45(7)37-47(61)9)55-25-21-51(22-26-55)49-17-11-43(5)12-18-49)34-30-58-54(36-42(3)4)40-60-64(33-29-57(53)65(60)66(58)59)68(62-32-16-46(8)38-48(62)10)56-27-23-52(24-28-56)50-19-13-44(6)14-20-50/h11-34,37-39,41-42,63H,35-36,40H2,1-10H3. The van der Waals surface area contributed by atoms with Crippen LogP contribution in [0.2, 0.25) is 0 Å². The molecule has 0 saturated carbocycles. The lowest BCUT2D eigenvalue weighted by atomic mass is 9.73. The highest BCUT2D eigenvalue weighted by Gasteiger charge is 2.35. The van der Waals surface area contributed by atoms with Gasteiger partial charge in [-0.1, -0.05) is 177 Å². The lowest BCUT2D eigenvalue weighted by Crippen LogP contribution is -2.27. The van der Waals surface area contributed by atoms with E-state index in [0.717, 1.165) is 19.3 Å². The van der Waals surface area contributed by atoms with Crippen LogP contribution in [0.15, 0.2) is 169 Å². The molecule has 10 rings (SSSR count). The Hall–Kier alpha value is -6.90. The number of nitrogens with zero attached hydrogens (tertiary/aromatic N) is 2. The molecule has 0 spiro atoms. The summed E-state index contributed by atoms with van der Waals surface area (Å²) < 4.78 is 0. The van der Waals surface area contributed by atoms with Crippen LogP contribution in [0, 0.1) is 53.4 Å². The van der Waals surface area contributed by atoms with Crippen molar-refractivity contribution in [2.75, 3.05) is 9.80 Å². The Bertz CT molecular complexity index is 3230. The van der Waals surface area contributed by atoms with E-state index in [9.17, 15) is 0 Å². The van der Waals surface area contributed by atoms with E-state index < -0.39 is 0 Å². The van der Waals surface area contributed by atoms with Gasteiger partial charge in [0.2, 0.25) is 0 Å². The van der Waals surface area contributed by atoms with Crippen molar-refractivity contribution in [3.63, 3.8) is 0 Å². The van der Waals surface area contributed by atoms with Crippen molar-refractivity contribution in [1.29, 1.82) is 0 Å². The number of allylic oxidation sites excluding steroid dienone is 3. The Kier molecular flexibility index (Phi) is 12.1. The summed E-state index contributed by atoms with van der Waals surface area (Å²) in [6, 6.07) is 57.8. The van der Waals surface area contributed by atoms with Crippen molar-refractivity contribution in [2.24, 2.45) is 11.8 Å². The minimum atomic E-state index is -0.0321. The lowest BCUT2D eigenvalue weighted by molar-refractivity contribution is 0.633. The Morgan fingerprint density at radius 2 is 0.971 bits per heavy atom. The molecule has 0 N–H and O–H groups in total. The largest absolute Gasteiger partial charge is 0.330 e. The van der Waals surface area contributed by atoms with Crippen molar-refractivity contribution in [3.8, 4) is 22.3 Å². The van der Waals surface area contributed by atoms with Crippen LogP contribution in [0.4, 0.5) is 28.4 Å². The van der Waals surface area contributed by atoms with Crippen molar-refractivity contribution in [1.82, 2.24) is 0 Å². The molecule has 8 aromatic carbocycles. The third kappa shape index (κ3) is 8.51. The molecule has 0 heterocycles. The summed E-state index contributed by atoms with van der Waals surface area (Å²) in [7, 11) is 0. The monoisotopic (exact) mass is 887 g/mol. The summed E-state index contributed by atoms with van der Waals surface area (Å²) in [4.78, 5) is 5.19. The van der Waals surface area contributed by atoms with Crippen LogP contribution in [0.5, 0.6) is 0 Å². The Morgan fingerprint density at radius 1 is 0.485 bits per heavy atom. The zero-order valence-corrected chi connectivity index (χ0v) is 41.8. The molecule has 68 heavy (non-hydrogen) atoms. The van der Waals surface area contributed by atoms with Gasteiger partial charge in [0.05, 0.1) is 11.7 Å². The van der Waals surface area contributed by atoms with E-state index in [1.807, 2.05) is 0 Å². The van der Waals surface area contributed by atoms with Gasteiger partial charge >= 0.3 is 0 Å². The number of rotatable bonds is 12. The highest BCUT2D eigenvalue weighted by Crippen LogP contribution is 2.53. The van der Waals surface area contributed by atoms with Crippen LogP contribution in [0.3, 0.4) is 0 Å². The molecule has 0 saturated heterocycles. The first-order valence-corrected chi connectivity index (χ1v) is 24.9. The first kappa shape index (κ1) is 44.9. The van der Waals surface area contributed by atoms with Crippen molar-refractivity contribution < 1.29 is 0 Å². The van der Waals surface area contributed by atoms with Crippen LogP contribution in [0.25, 0.3) is 38.6 Å². The van der Waals surface area contributed by atoms with Gasteiger partial charge in [0.25, 0.3) is 0 Å². The van der Waals surface area contributed by atoms with E-state index in [0.29, 0.717) is 11.8 Å². The third-order valence-electron chi connectivity index (χ3n) is 14.4. The summed E-state index contributed by atoms with van der Waals surface area (Å²) in [6.07, 6.45) is 7.99. The van der Waals surface area contributed by atoms with Crippen LogP contribution in [0.1, 0.15) is 95.8 Å². The van der Waals surface area contributed by atoms with Crippen molar-refractivity contribution in [2.45, 2.75) is 94.5 Å². The summed E-state index contributed by atoms with van der Waals surface area (Å²) in [6.45, 7) is 22.8. The Labute approximate surface area is 406 Å². The van der Waals surface area contributed by atoms with Gasteiger partial charge in [-0.05, 0) is 187 Å². The molecule has 2 heteroatoms. The fraction of sp³-hybridized carbons (Fsp3) is 0.242. The fourth-order valence-corrected chi connectivity index (χ4v) is 11.2. The molecular formula is C66H66N2. The fourth-order valence-electron chi connectivity index (χ4n) is 11.2. The number of hydrogen-bond donors (Lipinski definition) is 0. The molecule has 1 unspecified atom stereocenters. The predicted molar refractivity (Wildman–Crippen MR) is 293 cm³/mol. The van der Waals surface area contributed by atoms with Gasteiger partial charge in [-0.15, -0.1) is 0 Å². The Morgan fingerprint density at radius 3 is 1.50 bits per heavy atom. The zero-order chi connectivity index (χ0) is 47.4. The smallest absolute Gasteiger partial charge is 0.0785 e. The number of aryl methyl sites for hydroxylation is 6. The summed E-state index contributed by atoms with van der Waals surface area (Å²) in [5.41, 5.74) is 27.3. The minimum Gasteiger partial charge on any atom is -0.330 e. The SMILES string of the molecule is Cc1ccc(-c2ccc(N(c3ccc(C)cc3C)c3ccc4c(CC(C)C)cc5c6c4c3CC(CC(C)C)=C6C=CC5N(c3ccc(-c4ccc(C)cc4)cc3)c3ccc(C)cc3C)cc2)cc1. The van der Waals surface area contributed by atoms with Gasteiger partial charge in [0, 0.05) is 22.7 Å². The molecule has 340 valence electrons. The quantitative estimate of drug-likeness (QED) is 0.121. The number of hydrogen-bond acceptors (Lipinski definition) is 2. The average molecular weight is 887 g/mol. The summed E-state index contributed by atoms with van der Waals surface area (Å²) in [5.74, 6) is 1.01. The van der Waals surface area contributed by atoms with Crippen molar-refractivity contribution >= 4 is 44.8 Å². The maximum atomic E-state index is 2.62. The molecular weight excluding hydrogens is 821 g/mol. The van der Waals surface area contributed by atoms with Gasteiger partial charge in [0.1, 0.15) is 0 Å². The van der Waals surface area contributed by atoms with E-state index in [2.05, 4.69) is 243 Å². The zero-order valence-electron chi connectivity index (χ0n) is 41.8. The predicted octanol–water partition coefficient (Wildman–Crippen LogP) is 18.5. The van der Waals surface area contributed by atoms with Crippen LogP contribution in [-0.4, -0.2) is 0 Å². The molecule has 0 amide bonds. The van der Waals surface area contributed by atoms with Gasteiger partial charge < -0.3 is 9.80 Å². The number of benzene rings is 8. The van der Waals surface area contributed by atoms with Crippen molar-refractivity contribution in [3.05, 3.63) is 225 Å². The molecule has 8 aromatic rings. The molecule has 2 nitrogen and oxygen atoms in total. The second kappa shape index (κ2) is 18.3. The molecule has 0 fully saturated rings. The Balaban J connectivity index is 1.22. The van der Waals surface area contributed by atoms with Crippen LogP contribution >= 0.6 is 0 Å². The van der Waals surface area contributed by atoms with E-state index in [1.54, 1.807) is 0 Å². The first-order chi connectivity index (χ1) is 32.8. The van der Waals surface area contributed by atoms with E-state index in [-0.39, 0.29) is 6.04 Å². The highest BCUT2D eigenvalue weighted by atomic mass is 15.2. The minimum absolute atomic E-state index is 0.0321. The second-order valence-electron chi connectivity index (χ2n) is 20.8. The van der Waals surface area contributed by atoms with E-state index in [4.69, 9.17) is 0 Å². The maximum Gasteiger partial charge on any atom is 0.0785 e.